The van der Waals surface area contributed by atoms with Gasteiger partial charge in [-0.3, -0.25) is 9.69 Å². The third kappa shape index (κ3) is 5.70. The molecule has 0 bridgehead atoms. The monoisotopic (exact) mass is 380 g/mol. The minimum Gasteiger partial charge on any atom is -0.435 e. The zero-order chi connectivity index (χ0) is 19.2. The van der Waals surface area contributed by atoms with E-state index in [4.69, 9.17) is 4.74 Å². The Kier molecular flexibility index (Phi) is 6.31. The molecule has 3 rings (SSSR count). The van der Waals surface area contributed by atoms with Crippen LogP contribution in [0.15, 0.2) is 48.5 Å². The molecule has 1 aliphatic heterocycles. The molecule has 1 N–H and O–H groups in total. The average molecular weight is 380 g/mol. The molecule has 1 atom stereocenters. The highest BCUT2D eigenvalue weighted by molar-refractivity contribution is 5.92. The fourth-order valence-corrected chi connectivity index (χ4v) is 2.85. The number of nitrogens with zero attached hydrogens (tertiary/aromatic N) is 1. The molecule has 0 radical (unpaired) electrons. The first kappa shape index (κ1) is 19.2. The summed E-state index contributed by atoms with van der Waals surface area (Å²) in [7, 11) is 0. The van der Waals surface area contributed by atoms with Gasteiger partial charge in [0.2, 0.25) is 5.91 Å². The number of carbonyl (C=O) groups is 1. The van der Waals surface area contributed by atoms with E-state index in [-0.39, 0.29) is 30.1 Å². The Balaban J connectivity index is 1.52. The predicted molar refractivity (Wildman–Crippen MR) is 93.2 cm³/mol. The van der Waals surface area contributed by atoms with Crippen LogP contribution in [0, 0.1) is 5.82 Å². The summed E-state index contributed by atoms with van der Waals surface area (Å²) >= 11 is 0. The van der Waals surface area contributed by atoms with Gasteiger partial charge in [-0.15, -0.1) is 0 Å². The molecule has 27 heavy (non-hydrogen) atoms. The third-order valence-electron chi connectivity index (χ3n) is 4.12. The molecule has 1 fully saturated rings. The summed E-state index contributed by atoms with van der Waals surface area (Å²) in [6, 6.07) is 11.8. The maximum absolute atomic E-state index is 13.0. The molecule has 2 aromatic carbocycles. The van der Waals surface area contributed by atoms with Gasteiger partial charge in [0.1, 0.15) is 11.6 Å². The van der Waals surface area contributed by atoms with Crippen LogP contribution in [0.2, 0.25) is 0 Å². The van der Waals surface area contributed by atoms with Crippen molar-refractivity contribution in [3.63, 3.8) is 0 Å². The second-order valence-corrected chi connectivity index (χ2v) is 6.10. The van der Waals surface area contributed by atoms with Gasteiger partial charge in [-0.1, -0.05) is 12.1 Å². The van der Waals surface area contributed by atoms with Crippen LogP contribution < -0.4 is 10.1 Å². The molecule has 0 aliphatic carbocycles. The fourth-order valence-electron chi connectivity index (χ4n) is 2.85. The minimum absolute atomic E-state index is 0.0262. The summed E-state index contributed by atoms with van der Waals surface area (Å²) in [5.74, 6) is -0.508. The lowest BCUT2D eigenvalue weighted by atomic mass is 10.1. The van der Waals surface area contributed by atoms with Gasteiger partial charge in [0.25, 0.3) is 0 Å². The van der Waals surface area contributed by atoms with Crippen molar-refractivity contribution < 1.29 is 27.4 Å². The Bertz CT molecular complexity index is 754. The number of amides is 1. The largest absolute Gasteiger partial charge is 0.435 e. The topological polar surface area (TPSA) is 50.8 Å². The van der Waals surface area contributed by atoms with Gasteiger partial charge < -0.3 is 14.8 Å². The first-order valence-electron chi connectivity index (χ1n) is 8.44. The quantitative estimate of drug-likeness (QED) is 0.834. The molecule has 1 saturated heterocycles. The number of ether oxygens (including phenoxy) is 2. The molecule has 1 heterocycles. The van der Waals surface area contributed by atoms with Crippen LogP contribution >= 0.6 is 0 Å². The van der Waals surface area contributed by atoms with Crippen LogP contribution in [0.25, 0.3) is 0 Å². The van der Waals surface area contributed by atoms with Gasteiger partial charge in [-0.05, 0) is 42.0 Å². The maximum atomic E-state index is 13.0. The molecule has 1 aliphatic rings. The number of hydrogen-bond acceptors (Lipinski definition) is 4. The Morgan fingerprint density at radius 1 is 1.19 bits per heavy atom. The van der Waals surface area contributed by atoms with Crippen LogP contribution in [-0.4, -0.2) is 43.7 Å². The molecule has 2 aromatic rings. The van der Waals surface area contributed by atoms with Gasteiger partial charge in [-0.2, -0.15) is 8.78 Å². The number of rotatable bonds is 6. The van der Waals surface area contributed by atoms with Crippen LogP contribution in [0.3, 0.4) is 0 Å². The van der Waals surface area contributed by atoms with E-state index in [0.717, 1.165) is 5.56 Å². The third-order valence-corrected chi connectivity index (χ3v) is 4.12. The van der Waals surface area contributed by atoms with Crippen molar-refractivity contribution in [3.05, 3.63) is 59.9 Å². The number of alkyl halides is 2. The van der Waals surface area contributed by atoms with Crippen molar-refractivity contribution in [1.82, 2.24) is 4.90 Å². The molecule has 0 aromatic heterocycles. The van der Waals surface area contributed by atoms with Gasteiger partial charge >= 0.3 is 6.61 Å². The predicted octanol–water partition coefficient (Wildman–Crippen LogP) is 3.44. The van der Waals surface area contributed by atoms with Gasteiger partial charge in [0.15, 0.2) is 0 Å². The van der Waals surface area contributed by atoms with E-state index >= 15 is 0 Å². The Hall–Kier alpha value is -2.58. The lowest BCUT2D eigenvalue weighted by molar-refractivity contribution is -0.119. The Labute approximate surface area is 154 Å². The summed E-state index contributed by atoms with van der Waals surface area (Å²) < 4.78 is 47.3. The maximum Gasteiger partial charge on any atom is 0.387 e. The SMILES string of the molecule is O=C(CN1CCOC(c2ccc(F)cc2)C1)Nc1ccc(OC(F)F)cc1. The number of hydrogen-bond donors (Lipinski definition) is 1. The summed E-state index contributed by atoms with van der Waals surface area (Å²) in [4.78, 5) is 14.2. The highest BCUT2D eigenvalue weighted by atomic mass is 19.3. The molecular weight excluding hydrogens is 361 g/mol. The van der Waals surface area contributed by atoms with Gasteiger partial charge in [-0.25, -0.2) is 4.39 Å². The lowest BCUT2D eigenvalue weighted by Crippen LogP contribution is -2.42. The number of benzene rings is 2. The summed E-state index contributed by atoms with van der Waals surface area (Å²) in [6.07, 6.45) is -0.224. The molecule has 1 unspecified atom stereocenters. The normalized spacial score (nSPS) is 17.7. The van der Waals surface area contributed by atoms with E-state index in [2.05, 4.69) is 10.1 Å². The smallest absolute Gasteiger partial charge is 0.387 e. The van der Waals surface area contributed by atoms with Crippen LogP contribution in [0.4, 0.5) is 18.9 Å². The summed E-state index contributed by atoms with van der Waals surface area (Å²) in [5, 5.41) is 2.72. The number of carbonyl (C=O) groups excluding carboxylic acids is 1. The van der Waals surface area contributed by atoms with E-state index in [9.17, 15) is 18.0 Å². The van der Waals surface area contributed by atoms with Crippen molar-refractivity contribution in [2.75, 3.05) is 31.6 Å². The van der Waals surface area contributed by atoms with E-state index in [1.54, 1.807) is 12.1 Å². The Morgan fingerprint density at radius 2 is 1.89 bits per heavy atom. The lowest BCUT2D eigenvalue weighted by Gasteiger charge is -2.32. The van der Waals surface area contributed by atoms with Crippen molar-refractivity contribution in [2.24, 2.45) is 0 Å². The molecule has 1 amide bonds. The molecule has 0 saturated carbocycles. The molecule has 144 valence electrons. The van der Waals surface area contributed by atoms with Crippen molar-refractivity contribution in [3.8, 4) is 5.75 Å². The fraction of sp³-hybridized carbons (Fsp3) is 0.316. The van der Waals surface area contributed by atoms with Crippen LogP contribution in [-0.2, 0) is 9.53 Å². The highest BCUT2D eigenvalue weighted by Gasteiger charge is 2.23. The Morgan fingerprint density at radius 3 is 2.56 bits per heavy atom. The molecular formula is C19H19F3N2O3. The van der Waals surface area contributed by atoms with Crippen molar-refractivity contribution in [1.29, 1.82) is 0 Å². The van der Waals surface area contributed by atoms with E-state index < -0.39 is 6.61 Å². The molecule has 5 nitrogen and oxygen atoms in total. The van der Waals surface area contributed by atoms with Crippen LogP contribution in [0.1, 0.15) is 11.7 Å². The minimum atomic E-state index is -2.89. The summed E-state index contributed by atoms with van der Waals surface area (Å²) in [5.41, 5.74) is 1.35. The summed E-state index contributed by atoms with van der Waals surface area (Å²) in [6.45, 7) is -1.14. The highest BCUT2D eigenvalue weighted by Crippen LogP contribution is 2.22. The first-order valence-corrected chi connectivity index (χ1v) is 8.44. The number of halogens is 3. The molecule has 8 heteroatoms. The van der Waals surface area contributed by atoms with E-state index in [0.29, 0.717) is 25.4 Å². The van der Waals surface area contributed by atoms with Crippen molar-refractivity contribution in [2.45, 2.75) is 12.7 Å². The number of anilines is 1. The van der Waals surface area contributed by atoms with Gasteiger partial charge in [0, 0.05) is 18.8 Å². The van der Waals surface area contributed by atoms with Crippen molar-refractivity contribution >= 4 is 11.6 Å². The standard InChI is InChI=1S/C19H19F3N2O3/c20-14-3-1-13(2-4-14)17-11-24(9-10-26-17)12-18(25)23-15-5-7-16(8-6-15)27-19(21)22/h1-8,17,19H,9-12H2,(H,23,25). The first-order chi connectivity index (χ1) is 13.0. The van der Waals surface area contributed by atoms with E-state index in [1.807, 2.05) is 4.90 Å². The van der Waals surface area contributed by atoms with E-state index in [1.165, 1.54) is 36.4 Å². The zero-order valence-electron chi connectivity index (χ0n) is 14.4. The van der Waals surface area contributed by atoms with Crippen LogP contribution in [0.5, 0.6) is 5.75 Å². The average Bonchev–Trinajstić information content (AvgIpc) is 2.64. The second kappa shape index (κ2) is 8.88. The second-order valence-electron chi connectivity index (χ2n) is 6.10. The number of morpholine rings is 1. The van der Waals surface area contributed by atoms with Gasteiger partial charge in [0.05, 0.1) is 19.3 Å². The zero-order valence-corrected chi connectivity index (χ0v) is 14.4. The molecule has 0 spiro atoms. The number of nitrogens with one attached hydrogen (secondary N) is 1.